The molecule has 1 amide bonds. The summed E-state index contributed by atoms with van der Waals surface area (Å²) in [5.41, 5.74) is 1.74. The molecule has 0 aliphatic carbocycles. The first-order valence-electron chi connectivity index (χ1n) is 8.22. The molecule has 1 N–H and O–H groups in total. The molecule has 0 bridgehead atoms. The molecule has 1 aliphatic rings. The first-order valence-corrected chi connectivity index (χ1v) is 8.60. The van der Waals surface area contributed by atoms with E-state index >= 15 is 0 Å². The third kappa shape index (κ3) is 3.60. The molecule has 1 aromatic carbocycles. The van der Waals surface area contributed by atoms with E-state index < -0.39 is 0 Å². The lowest BCUT2D eigenvalue weighted by atomic mass is 9.72. The number of nitrogens with one attached hydrogen (secondary N) is 1. The van der Waals surface area contributed by atoms with Crippen molar-refractivity contribution in [3.05, 3.63) is 64.9 Å². The van der Waals surface area contributed by atoms with E-state index in [4.69, 9.17) is 11.6 Å². The predicted molar refractivity (Wildman–Crippen MR) is 96.4 cm³/mol. The number of benzene rings is 1. The second-order valence-corrected chi connectivity index (χ2v) is 6.90. The first-order chi connectivity index (χ1) is 11.6. The Morgan fingerprint density at radius 2 is 1.96 bits per heavy atom. The maximum Gasteiger partial charge on any atom is 0.252 e. The summed E-state index contributed by atoms with van der Waals surface area (Å²) in [6.07, 6.45) is 5.14. The molecule has 2 aromatic rings. The summed E-state index contributed by atoms with van der Waals surface area (Å²) in [4.78, 5) is 18.8. The van der Waals surface area contributed by atoms with Gasteiger partial charge in [-0.05, 0) is 44.6 Å². The van der Waals surface area contributed by atoms with Crippen LogP contribution in [0.1, 0.15) is 28.8 Å². The van der Waals surface area contributed by atoms with Crippen molar-refractivity contribution >= 4 is 17.5 Å². The molecule has 0 spiro atoms. The van der Waals surface area contributed by atoms with Crippen molar-refractivity contribution in [3.63, 3.8) is 0 Å². The molecule has 1 fully saturated rings. The van der Waals surface area contributed by atoms with Crippen LogP contribution in [0.25, 0.3) is 0 Å². The first kappa shape index (κ1) is 16.9. The van der Waals surface area contributed by atoms with E-state index in [1.165, 1.54) is 11.8 Å². The van der Waals surface area contributed by atoms with Crippen LogP contribution in [0.4, 0.5) is 0 Å². The van der Waals surface area contributed by atoms with E-state index in [-0.39, 0.29) is 11.3 Å². The number of hydrogen-bond donors (Lipinski definition) is 1. The number of likely N-dealkylation sites (tertiary alicyclic amines) is 1. The van der Waals surface area contributed by atoms with Gasteiger partial charge >= 0.3 is 0 Å². The number of amides is 1. The Labute approximate surface area is 147 Å². The Kier molecular flexibility index (Phi) is 5.17. The van der Waals surface area contributed by atoms with Crippen molar-refractivity contribution in [2.45, 2.75) is 18.3 Å². The Morgan fingerprint density at radius 1 is 1.25 bits per heavy atom. The van der Waals surface area contributed by atoms with Crippen LogP contribution in [0.5, 0.6) is 0 Å². The van der Waals surface area contributed by atoms with Crippen LogP contribution in [0.3, 0.4) is 0 Å². The van der Waals surface area contributed by atoms with Crippen LogP contribution >= 0.6 is 11.6 Å². The van der Waals surface area contributed by atoms with Gasteiger partial charge in [-0.1, -0.05) is 41.9 Å². The summed E-state index contributed by atoms with van der Waals surface area (Å²) >= 11 is 6.08. The summed E-state index contributed by atoms with van der Waals surface area (Å²) in [6.45, 7) is 2.67. The molecular formula is C19H22ClN3O. The lowest BCUT2D eigenvalue weighted by Crippen LogP contribution is -2.48. The Morgan fingerprint density at radius 3 is 2.62 bits per heavy atom. The van der Waals surface area contributed by atoms with Crippen LogP contribution in [0.2, 0.25) is 5.02 Å². The maximum absolute atomic E-state index is 12.5. The summed E-state index contributed by atoms with van der Waals surface area (Å²) in [5, 5.41) is 3.48. The molecule has 1 aliphatic heterocycles. The third-order valence-corrected chi connectivity index (χ3v) is 5.24. The minimum absolute atomic E-state index is 0.0249. The molecular weight excluding hydrogens is 322 g/mol. The van der Waals surface area contributed by atoms with Gasteiger partial charge in [-0.2, -0.15) is 0 Å². The quantitative estimate of drug-likeness (QED) is 0.927. The van der Waals surface area contributed by atoms with E-state index in [1.54, 1.807) is 12.3 Å². The fourth-order valence-corrected chi connectivity index (χ4v) is 3.51. The second kappa shape index (κ2) is 7.32. The number of nitrogens with zero attached hydrogens (tertiary/aromatic N) is 2. The molecule has 0 unspecified atom stereocenters. The lowest BCUT2D eigenvalue weighted by Gasteiger charge is -2.41. The Hall–Kier alpha value is -1.91. The highest BCUT2D eigenvalue weighted by molar-refractivity contribution is 6.33. The van der Waals surface area contributed by atoms with Gasteiger partial charge in [-0.3, -0.25) is 9.78 Å². The van der Waals surface area contributed by atoms with Crippen molar-refractivity contribution in [2.75, 3.05) is 26.7 Å². The molecule has 1 saturated heterocycles. The van der Waals surface area contributed by atoms with E-state index in [1.807, 2.05) is 6.07 Å². The number of halogens is 1. The van der Waals surface area contributed by atoms with Crippen LogP contribution in [0.15, 0.2) is 48.8 Å². The second-order valence-electron chi connectivity index (χ2n) is 6.49. The molecule has 4 nitrogen and oxygen atoms in total. The summed E-state index contributed by atoms with van der Waals surface area (Å²) in [5.74, 6) is -0.142. The van der Waals surface area contributed by atoms with Crippen LogP contribution in [-0.2, 0) is 5.41 Å². The molecule has 126 valence electrons. The fraction of sp³-hybridized carbons (Fsp3) is 0.368. The molecule has 0 radical (unpaired) electrons. The standard InChI is InChI=1S/C19H22ClN3O/c1-23-11-8-19(9-12-23,15-5-3-2-4-6-15)14-22-18(24)16-7-10-21-13-17(16)20/h2-7,10,13H,8-9,11-12,14H2,1H3,(H,22,24). The highest BCUT2D eigenvalue weighted by Crippen LogP contribution is 2.34. The maximum atomic E-state index is 12.5. The number of carbonyl (C=O) groups excluding carboxylic acids is 1. The zero-order chi connectivity index (χ0) is 17.0. The highest BCUT2D eigenvalue weighted by atomic mass is 35.5. The van der Waals surface area contributed by atoms with E-state index in [2.05, 4.69) is 46.5 Å². The highest BCUT2D eigenvalue weighted by Gasteiger charge is 2.35. The number of carbonyl (C=O) groups is 1. The molecule has 3 rings (SSSR count). The number of rotatable bonds is 4. The molecule has 0 saturated carbocycles. The average molecular weight is 344 g/mol. The summed E-state index contributed by atoms with van der Waals surface area (Å²) < 4.78 is 0. The van der Waals surface area contributed by atoms with E-state index in [0.717, 1.165) is 25.9 Å². The van der Waals surface area contributed by atoms with Gasteiger partial charge in [0.1, 0.15) is 0 Å². The monoisotopic (exact) mass is 343 g/mol. The van der Waals surface area contributed by atoms with Crippen LogP contribution < -0.4 is 5.32 Å². The van der Waals surface area contributed by atoms with Crippen molar-refractivity contribution in [3.8, 4) is 0 Å². The van der Waals surface area contributed by atoms with Crippen molar-refractivity contribution < 1.29 is 4.79 Å². The number of aromatic nitrogens is 1. The van der Waals surface area contributed by atoms with Gasteiger partial charge in [0.25, 0.3) is 5.91 Å². The molecule has 1 aromatic heterocycles. The lowest BCUT2D eigenvalue weighted by molar-refractivity contribution is 0.0928. The SMILES string of the molecule is CN1CCC(CNC(=O)c2ccncc2Cl)(c2ccccc2)CC1. The summed E-state index contributed by atoms with van der Waals surface area (Å²) in [6, 6.07) is 12.1. The normalized spacial score (nSPS) is 17.4. The van der Waals surface area contributed by atoms with Gasteiger partial charge in [0.15, 0.2) is 0 Å². The topological polar surface area (TPSA) is 45.2 Å². The minimum Gasteiger partial charge on any atom is -0.351 e. The number of pyridine rings is 1. The van der Waals surface area contributed by atoms with Crippen molar-refractivity contribution in [1.82, 2.24) is 15.2 Å². The third-order valence-electron chi connectivity index (χ3n) is 4.93. The van der Waals surface area contributed by atoms with Gasteiger partial charge in [0, 0.05) is 24.4 Å². The van der Waals surface area contributed by atoms with Gasteiger partial charge in [0.05, 0.1) is 10.6 Å². The predicted octanol–water partition coefficient (Wildman–Crippen LogP) is 3.13. The smallest absolute Gasteiger partial charge is 0.252 e. The van der Waals surface area contributed by atoms with Crippen LogP contribution in [0, 0.1) is 0 Å². The van der Waals surface area contributed by atoms with Gasteiger partial charge in [-0.15, -0.1) is 0 Å². The van der Waals surface area contributed by atoms with Gasteiger partial charge < -0.3 is 10.2 Å². The summed E-state index contributed by atoms with van der Waals surface area (Å²) in [7, 11) is 2.14. The van der Waals surface area contributed by atoms with Crippen molar-refractivity contribution in [2.24, 2.45) is 0 Å². The van der Waals surface area contributed by atoms with Crippen molar-refractivity contribution in [1.29, 1.82) is 0 Å². The molecule has 5 heteroatoms. The van der Waals surface area contributed by atoms with Gasteiger partial charge in [-0.25, -0.2) is 0 Å². The molecule has 24 heavy (non-hydrogen) atoms. The fourth-order valence-electron chi connectivity index (χ4n) is 3.31. The van der Waals surface area contributed by atoms with E-state index in [9.17, 15) is 4.79 Å². The minimum atomic E-state index is -0.142. The number of piperidine rings is 1. The Balaban J connectivity index is 1.78. The molecule has 0 atom stereocenters. The average Bonchev–Trinajstić information content (AvgIpc) is 2.62. The van der Waals surface area contributed by atoms with Gasteiger partial charge in [0.2, 0.25) is 0 Å². The molecule has 2 heterocycles. The van der Waals surface area contributed by atoms with Crippen LogP contribution in [-0.4, -0.2) is 42.5 Å². The number of hydrogen-bond acceptors (Lipinski definition) is 3. The zero-order valence-corrected chi connectivity index (χ0v) is 14.6. The Bertz CT molecular complexity index is 697. The van der Waals surface area contributed by atoms with E-state index in [0.29, 0.717) is 17.1 Å². The largest absolute Gasteiger partial charge is 0.351 e. The zero-order valence-electron chi connectivity index (χ0n) is 13.8.